The minimum absolute atomic E-state index is 0.0115. The first kappa shape index (κ1) is 26.3. The number of nitrogens with zero attached hydrogens (tertiary/aromatic N) is 1. The maximum Gasteiger partial charge on any atom is 0.335 e. The van der Waals surface area contributed by atoms with Crippen molar-refractivity contribution in [3.8, 4) is 11.5 Å². The first-order valence-corrected chi connectivity index (χ1v) is 11.3. The fourth-order valence-corrected chi connectivity index (χ4v) is 3.77. The van der Waals surface area contributed by atoms with Crippen LogP contribution in [0, 0.1) is 11.6 Å². The third kappa shape index (κ3) is 5.62. The molecular weight excluding hydrogens is 524 g/mol. The normalized spacial score (nSPS) is 14.4. The fourth-order valence-electron chi connectivity index (χ4n) is 3.50. The number of nitrogens with one attached hydrogen (secondary N) is 2. The number of barbiturate groups is 1. The van der Waals surface area contributed by atoms with Crippen LogP contribution in [0.15, 0.2) is 66.2 Å². The van der Waals surface area contributed by atoms with Crippen LogP contribution in [-0.4, -0.2) is 37.5 Å². The monoisotopic (exact) mass is 541 g/mol. The van der Waals surface area contributed by atoms with Crippen LogP contribution >= 0.6 is 11.6 Å². The molecule has 3 aromatic rings. The minimum atomic E-state index is -0.989. The molecule has 1 saturated heterocycles. The number of methoxy groups -OCH3 is 1. The molecule has 0 bridgehead atoms. The Kier molecular flexibility index (Phi) is 7.68. The summed E-state index contributed by atoms with van der Waals surface area (Å²) in [6.07, 6.45) is 1.18. The van der Waals surface area contributed by atoms with Crippen molar-refractivity contribution in [2.45, 2.75) is 0 Å². The summed E-state index contributed by atoms with van der Waals surface area (Å²) in [5, 5.41) is 4.41. The molecule has 0 aromatic heterocycles. The Labute approximate surface area is 219 Å². The Morgan fingerprint density at radius 1 is 1.08 bits per heavy atom. The quantitative estimate of drug-likeness (QED) is 0.340. The molecule has 1 heterocycles. The van der Waals surface area contributed by atoms with Gasteiger partial charge in [0.1, 0.15) is 17.2 Å². The van der Waals surface area contributed by atoms with Gasteiger partial charge in [-0.05, 0) is 60.2 Å². The SMILES string of the molecule is COc1cc(/C=C2\C(=O)NC(=O)N(c3ccc(F)cc3)C2=O)cc(Cl)c1OCC(=O)Nc1ccccc1F. The van der Waals surface area contributed by atoms with Gasteiger partial charge in [0.05, 0.1) is 23.5 Å². The van der Waals surface area contributed by atoms with E-state index < -0.39 is 47.6 Å². The van der Waals surface area contributed by atoms with Crippen molar-refractivity contribution in [1.29, 1.82) is 0 Å². The lowest BCUT2D eigenvalue weighted by atomic mass is 10.1. The highest BCUT2D eigenvalue weighted by molar-refractivity contribution is 6.39. The summed E-state index contributed by atoms with van der Waals surface area (Å²) < 4.78 is 37.8. The summed E-state index contributed by atoms with van der Waals surface area (Å²) >= 11 is 6.32. The van der Waals surface area contributed by atoms with E-state index in [1.165, 1.54) is 55.7 Å². The van der Waals surface area contributed by atoms with E-state index >= 15 is 0 Å². The van der Waals surface area contributed by atoms with E-state index in [9.17, 15) is 28.0 Å². The van der Waals surface area contributed by atoms with Crippen LogP contribution in [0.5, 0.6) is 11.5 Å². The van der Waals surface area contributed by atoms with Crippen LogP contribution in [-0.2, 0) is 14.4 Å². The Balaban J connectivity index is 1.56. The summed E-state index contributed by atoms with van der Waals surface area (Å²) in [5.74, 6) is -3.67. The van der Waals surface area contributed by atoms with Crippen molar-refractivity contribution in [3.05, 3.63) is 88.5 Å². The molecule has 12 heteroatoms. The van der Waals surface area contributed by atoms with Crippen molar-refractivity contribution in [2.75, 3.05) is 23.9 Å². The van der Waals surface area contributed by atoms with E-state index in [1.54, 1.807) is 6.07 Å². The van der Waals surface area contributed by atoms with Crippen LogP contribution in [0.1, 0.15) is 5.56 Å². The highest BCUT2D eigenvalue weighted by Gasteiger charge is 2.37. The second-order valence-electron chi connectivity index (χ2n) is 7.79. The van der Waals surface area contributed by atoms with Crippen LogP contribution in [0.2, 0.25) is 5.02 Å². The maximum atomic E-state index is 13.8. The number of imide groups is 2. The third-order valence-electron chi connectivity index (χ3n) is 5.24. The number of amides is 5. The van der Waals surface area contributed by atoms with Crippen molar-refractivity contribution in [2.24, 2.45) is 0 Å². The van der Waals surface area contributed by atoms with Gasteiger partial charge in [-0.25, -0.2) is 18.5 Å². The van der Waals surface area contributed by atoms with E-state index in [0.717, 1.165) is 12.1 Å². The smallest absolute Gasteiger partial charge is 0.335 e. The van der Waals surface area contributed by atoms with Crippen molar-refractivity contribution < 1.29 is 37.4 Å². The topological polar surface area (TPSA) is 114 Å². The van der Waals surface area contributed by atoms with Crippen molar-refractivity contribution in [3.63, 3.8) is 0 Å². The van der Waals surface area contributed by atoms with Gasteiger partial charge in [0.2, 0.25) is 0 Å². The molecule has 0 unspecified atom stereocenters. The molecule has 0 saturated carbocycles. The van der Waals surface area contributed by atoms with Gasteiger partial charge in [-0.15, -0.1) is 0 Å². The number of carbonyl (C=O) groups is 4. The average Bonchev–Trinajstić information content (AvgIpc) is 2.88. The molecule has 1 aliphatic heterocycles. The second kappa shape index (κ2) is 11.1. The van der Waals surface area contributed by atoms with E-state index in [0.29, 0.717) is 4.90 Å². The molecule has 1 aliphatic rings. The molecule has 4 rings (SSSR count). The van der Waals surface area contributed by atoms with Gasteiger partial charge in [-0.2, -0.15) is 0 Å². The van der Waals surface area contributed by atoms with Gasteiger partial charge in [0.15, 0.2) is 18.1 Å². The second-order valence-corrected chi connectivity index (χ2v) is 8.19. The van der Waals surface area contributed by atoms with Gasteiger partial charge in [0, 0.05) is 0 Å². The zero-order valence-corrected chi connectivity index (χ0v) is 20.3. The Morgan fingerprint density at radius 2 is 1.79 bits per heavy atom. The molecule has 0 aliphatic carbocycles. The van der Waals surface area contributed by atoms with Crippen LogP contribution < -0.4 is 25.0 Å². The number of anilines is 2. The van der Waals surface area contributed by atoms with Crippen LogP contribution in [0.3, 0.4) is 0 Å². The molecule has 0 radical (unpaired) electrons. The van der Waals surface area contributed by atoms with Gasteiger partial charge in [-0.3, -0.25) is 19.7 Å². The average molecular weight is 542 g/mol. The first-order chi connectivity index (χ1) is 18.2. The van der Waals surface area contributed by atoms with Gasteiger partial charge >= 0.3 is 6.03 Å². The zero-order valence-electron chi connectivity index (χ0n) is 19.6. The first-order valence-electron chi connectivity index (χ1n) is 10.9. The van der Waals surface area contributed by atoms with E-state index in [1.807, 2.05) is 0 Å². The molecule has 0 spiro atoms. The molecule has 3 aromatic carbocycles. The zero-order chi connectivity index (χ0) is 27.4. The molecule has 38 heavy (non-hydrogen) atoms. The Morgan fingerprint density at radius 3 is 2.47 bits per heavy atom. The third-order valence-corrected chi connectivity index (χ3v) is 5.53. The fraction of sp³-hybridized carbons (Fsp3) is 0.0769. The molecule has 9 nitrogen and oxygen atoms in total. The summed E-state index contributed by atoms with van der Waals surface area (Å²) in [6, 6.07) is 11.9. The predicted octanol–water partition coefficient (Wildman–Crippen LogP) is 4.31. The van der Waals surface area contributed by atoms with E-state index in [2.05, 4.69) is 10.6 Å². The lowest BCUT2D eigenvalue weighted by Crippen LogP contribution is -2.54. The number of para-hydroxylation sites is 1. The van der Waals surface area contributed by atoms with Gasteiger partial charge in [-0.1, -0.05) is 23.7 Å². The van der Waals surface area contributed by atoms with Gasteiger partial charge in [0.25, 0.3) is 17.7 Å². The molecule has 5 amide bonds. The number of rotatable bonds is 7. The molecule has 1 fully saturated rings. The van der Waals surface area contributed by atoms with Crippen molar-refractivity contribution in [1.82, 2.24) is 5.32 Å². The number of hydrogen-bond donors (Lipinski definition) is 2. The number of hydrogen-bond acceptors (Lipinski definition) is 6. The maximum absolute atomic E-state index is 13.8. The van der Waals surface area contributed by atoms with Crippen molar-refractivity contribution >= 4 is 52.8 Å². The lowest BCUT2D eigenvalue weighted by Gasteiger charge is -2.26. The number of carbonyl (C=O) groups excluding carboxylic acids is 4. The highest BCUT2D eigenvalue weighted by atomic mass is 35.5. The summed E-state index contributed by atoms with van der Waals surface area (Å²) in [5.41, 5.74) is -0.128. The summed E-state index contributed by atoms with van der Waals surface area (Å²) in [6.45, 7) is -0.527. The summed E-state index contributed by atoms with van der Waals surface area (Å²) in [4.78, 5) is 50.7. The van der Waals surface area contributed by atoms with E-state index in [4.69, 9.17) is 21.1 Å². The number of benzene rings is 3. The lowest BCUT2D eigenvalue weighted by molar-refractivity contribution is -0.122. The molecule has 0 atom stereocenters. The number of urea groups is 1. The number of ether oxygens (including phenoxy) is 2. The molecular formula is C26H18ClF2N3O6. The van der Waals surface area contributed by atoms with Crippen LogP contribution in [0.25, 0.3) is 6.08 Å². The summed E-state index contributed by atoms with van der Waals surface area (Å²) in [7, 11) is 1.31. The minimum Gasteiger partial charge on any atom is -0.493 e. The van der Waals surface area contributed by atoms with Crippen LogP contribution in [0.4, 0.5) is 25.0 Å². The standard InChI is InChI=1S/C26H18ClF2N3O6/c1-37-21-12-14(11-18(27)23(21)38-13-22(33)30-20-5-3-2-4-19(20)29)10-17-24(34)31-26(36)32(25(17)35)16-8-6-15(28)7-9-16/h2-12H,13H2,1H3,(H,30,33)(H,31,34,36)/b17-10+. The highest BCUT2D eigenvalue weighted by Crippen LogP contribution is 2.37. The Hall–Kier alpha value is -4.77. The number of halogens is 3. The predicted molar refractivity (Wildman–Crippen MR) is 134 cm³/mol. The van der Waals surface area contributed by atoms with E-state index in [-0.39, 0.29) is 33.5 Å². The molecule has 194 valence electrons. The van der Waals surface area contributed by atoms with Gasteiger partial charge < -0.3 is 14.8 Å². The molecule has 2 N–H and O–H groups in total. The largest absolute Gasteiger partial charge is 0.493 e. The Bertz CT molecular complexity index is 1480.